The van der Waals surface area contributed by atoms with E-state index in [4.69, 9.17) is 0 Å². The van der Waals surface area contributed by atoms with Gasteiger partial charge in [0.25, 0.3) is 0 Å². The second-order valence-electron chi connectivity index (χ2n) is 5.25. The largest absolute Gasteiger partial charge is 0.279 e. The first-order valence-electron chi connectivity index (χ1n) is 6.67. The summed E-state index contributed by atoms with van der Waals surface area (Å²) in [6.07, 6.45) is 2.27. The molecule has 0 saturated carbocycles. The lowest BCUT2D eigenvalue weighted by Gasteiger charge is -2.35. The standard InChI is InChI=1S/C14H17N5/c1-14(11-15)13(18-9-5-6-10-18)19(17-16-14)12-7-3-2-4-8-12/h2-4,7-8,13H,5-6,9-10H2,1H3/t13-,14-/m1/s1. The SMILES string of the molecule is C[C@]1(C#N)N=NN(c2ccccc2)[C@H]1N1CCCC1. The van der Waals surface area contributed by atoms with Crippen molar-refractivity contribution in [3.63, 3.8) is 0 Å². The molecule has 3 rings (SSSR count). The summed E-state index contributed by atoms with van der Waals surface area (Å²) in [6, 6.07) is 12.3. The molecule has 0 unspecified atom stereocenters. The molecule has 0 spiro atoms. The van der Waals surface area contributed by atoms with E-state index >= 15 is 0 Å². The van der Waals surface area contributed by atoms with Crippen LogP contribution in [-0.4, -0.2) is 29.7 Å². The summed E-state index contributed by atoms with van der Waals surface area (Å²) >= 11 is 0. The van der Waals surface area contributed by atoms with Crippen LogP contribution < -0.4 is 5.01 Å². The molecule has 1 aromatic carbocycles. The molecule has 2 aliphatic heterocycles. The van der Waals surface area contributed by atoms with Crippen LogP contribution in [0, 0.1) is 11.3 Å². The van der Waals surface area contributed by atoms with Crippen LogP contribution in [0.4, 0.5) is 5.69 Å². The summed E-state index contributed by atoms with van der Waals surface area (Å²) in [5.74, 6) is 0. The van der Waals surface area contributed by atoms with Gasteiger partial charge in [0.15, 0.2) is 0 Å². The molecule has 1 fully saturated rings. The summed E-state index contributed by atoms with van der Waals surface area (Å²) in [6.45, 7) is 3.88. The van der Waals surface area contributed by atoms with Crippen LogP contribution >= 0.6 is 0 Å². The molecule has 1 aromatic rings. The van der Waals surface area contributed by atoms with E-state index in [1.807, 2.05) is 42.3 Å². The van der Waals surface area contributed by atoms with Crippen LogP contribution in [-0.2, 0) is 0 Å². The van der Waals surface area contributed by atoms with Gasteiger partial charge >= 0.3 is 0 Å². The minimum Gasteiger partial charge on any atom is -0.279 e. The highest BCUT2D eigenvalue weighted by atomic mass is 15.7. The van der Waals surface area contributed by atoms with Crippen molar-refractivity contribution in [2.24, 2.45) is 10.3 Å². The van der Waals surface area contributed by atoms with Crippen molar-refractivity contribution in [1.82, 2.24) is 4.90 Å². The van der Waals surface area contributed by atoms with E-state index in [0.29, 0.717) is 0 Å². The Morgan fingerprint density at radius 1 is 1.26 bits per heavy atom. The molecule has 0 aromatic heterocycles. The van der Waals surface area contributed by atoms with E-state index in [0.717, 1.165) is 18.8 Å². The number of hydrogen-bond acceptors (Lipinski definition) is 5. The van der Waals surface area contributed by atoms with E-state index < -0.39 is 5.54 Å². The molecule has 2 atom stereocenters. The lowest BCUT2D eigenvalue weighted by molar-refractivity contribution is 0.203. The van der Waals surface area contributed by atoms with E-state index in [1.165, 1.54) is 12.8 Å². The monoisotopic (exact) mass is 255 g/mol. The normalized spacial score (nSPS) is 30.7. The van der Waals surface area contributed by atoms with Gasteiger partial charge in [0, 0.05) is 13.1 Å². The van der Waals surface area contributed by atoms with Crippen LogP contribution in [0.1, 0.15) is 19.8 Å². The lowest BCUT2D eigenvalue weighted by Crippen LogP contribution is -2.53. The highest BCUT2D eigenvalue weighted by Crippen LogP contribution is 2.35. The van der Waals surface area contributed by atoms with Crippen molar-refractivity contribution < 1.29 is 0 Å². The first kappa shape index (κ1) is 12.1. The molecule has 2 heterocycles. The predicted octanol–water partition coefficient (Wildman–Crippen LogP) is 2.58. The average Bonchev–Trinajstić information content (AvgIpc) is 3.07. The first-order valence-corrected chi connectivity index (χ1v) is 6.67. The van der Waals surface area contributed by atoms with Gasteiger partial charge in [-0.15, -0.1) is 5.11 Å². The second-order valence-corrected chi connectivity index (χ2v) is 5.25. The van der Waals surface area contributed by atoms with Crippen molar-refractivity contribution in [3.8, 4) is 6.07 Å². The Kier molecular flexibility index (Phi) is 2.96. The number of likely N-dealkylation sites (tertiary alicyclic amines) is 1. The number of anilines is 1. The molecule has 5 nitrogen and oxygen atoms in total. The van der Waals surface area contributed by atoms with Gasteiger partial charge in [-0.2, -0.15) is 5.26 Å². The maximum absolute atomic E-state index is 9.46. The maximum Gasteiger partial charge on any atom is 0.202 e. The Morgan fingerprint density at radius 2 is 1.95 bits per heavy atom. The zero-order valence-corrected chi connectivity index (χ0v) is 11.0. The molecular formula is C14H17N5. The summed E-state index contributed by atoms with van der Waals surface area (Å²) in [7, 11) is 0. The van der Waals surface area contributed by atoms with E-state index in [-0.39, 0.29) is 6.17 Å². The molecule has 0 bridgehead atoms. The lowest BCUT2D eigenvalue weighted by atomic mass is 10.00. The van der Waals surface area contributed by atoms with Gasteiger partial charge in [0.05, 0.1) is 11.8 Å². The Labute approximate surface area is 113 Å². The summed E-state index contributed by atoms with van der Waals surface area (Å²) < 4.78 is 0. The topological polar surface area (TPSA) is 55.0 Å². The molecule has 0 N–H and O–H groups in total. The molecule has 5 heteroatoms. The summed E-state index contributed by atoms with van der Waals surface area (Å²) in [4.78, 5) is 2.32. The van der Waals surface area contributed by atoms with Crippen molar-refractivity contribution in [2.75, 3.05) is 18.1 Å². The molecule has 0 radical (unpaired) electrons. The summed E-state index contributed by atoms with van der Waals surface area (Å²) in [5, 5.41) is 19.8. The van der Waals surface area contributed by atoms with Gasteiger partial charge in [0.2, 0.25) is 5.54 Å². The number of para-hydroxylation sites is 1. The third-order valence-electron chi connectivity index (χ3n) is 3.82. The molecular weight excluding hydrogens is 238 g/mol. The molecule has 0 aliphatic carbocycles. The average molecular weight is 255 g/mol. The van der Waals surface area contributed by atoms with E-state index in [2.05, 4.69) is 21.3 Å². The van der Waals surface area contributed by atoms with E-state index in [1.54, 1.807) is 0 Å². The van der Waals surface area contributed by atoms with Gasteiger partial charge in [0.1, 0.15) is 6.17 Å². The quantitative estimate of drug-likeness (QED) is 0.816. The Bertz CT molecular complexity index is 514. The van der Waals surface area contributed by atoms with E-state index in [9.17, 15) is 5.26 Å². The number of hydrogen-bond donors (Lipinski definition) is 0. The number of rotatable bonds is 2. The Hall–Kier alpha value is -1.93. The van der Waals surface area contributed by atoms with Crippen molar-refractivity contribution in [1.29, 1.82) is 5.26 Å². The second kappa shape index (κ2) is 4.63. The third kappa shape index (κ3) is 1.98. The first-order chi connectivity index (χ1) is 9.24. The van der Waals surface area contributed by atoms with Crippen molar-refractivity contribution in [2.45, 2.75) is 31.5 Å². The predicted molar refractivity (Wildman–Crippen MR) is 72.4 cm³/mol. The Balaban J connectivity index is 1.96. The molecule has 98 valence electrons. The highest BCUT2D eigenvalue weighted by molar-refractivity contribution is 5.48. The maximum atomic E-state index is 9.46. The fourth-order valence-corrected chi connectivity index (χ4v) is 2.83. The summed E-state index contributed by atoms with van der Waals surface area (Å²) in [5.41, 5.74) is 0.197. The zero-order chi connectivity index (χ0) is 13.3. The third-order valence-corrected chi connectivity index (χ3v) is 3.82. The van der Waals surface area contributed by atoms with Gasteiger partial charge in [-0.1, -0.05) is 23.4 Å². The van der Waals surface area contributed by atoms with Gasteiger partial charge in [-0.05, 0) is 31.9 Å². The molecule has 1 saturated heterocycles. The minimum absolute atomic E-state index is 0.0950. The van der Waals surface area contributed by atoms with Gasteiger partial charge in [-0.3, -0.25) is 4.90 Å². The van der Waals surface area contributed by atoms with Crippen LogP contribution in [0.3, 0.4) is 0 Å². The van der Waals surface area contributed by atoms with Crippen molar-refractivity contribution >= 4 is 5.69 Å². The van der Waals surface area contributed by atoms with Gasteiger partial charge in [-0.25, -0.2) is 5.01 Å². The van der Waals surface area contributed by atoms with Crippen LogP contribution in [0.5, 0.6) is 0 Å². The highest BCUT2D eigenvalue weighted by Gasteiger charge is 2.48. The smallest absolute Gasteiger partial charge is 0.202 e. The minimum atomic E-state index is -0.791. The Morgan fingerprint density at radius 3 is 2.58 bits per heavy atom. The number of benzene rings is 1. The van der Waals surface area contributed by atoms with Gasteiger partial charge < -0.3 is 0 Å². The van der Waals surface area contributed by atoms with Crippen LogP contribution in [0.25, 0.3) is 0 Å². The molecule has 2 aliphatic rings. The van der Waals surface area contributed by atoms with Crippen molar-refractivity contribution in [3.05, 3.63) is 30.3 Å². The van der Waals surface area contributed by atoms with Crippen LogP contribution in [0.15, 0.2) is 40.7 Å². The molecule has 0 amide bonds. The zero-order valence-electron chi connectivity index (χ0n) is 11.0. The molecule has 19 heavy (non-hydrogen) atoms. The number of nitrogens with zero attached hydrogens (tertiary/aromatic N) is 5. The fraction of sp³-hybridized carbons (Fsp3) is 0.500. The number of nitriles is 1. The fourth-order valence-electron chi connectivity index (χ4n) is 2.83. The van der Waals surface area contributed by atoms with Crippen LogP contribution in [0.2, 0.25) is 0 Å².